The summed E-state index contributed by atoms with van der Waals surface area (Å²) in [7, 11) is 0. The first-order valence-electron chi connectivity index (χ1n) is 5.90. The zero-order valence-electron chi connectivity index (χ0n) is 9.67. The highest BCUT2D eigenvalue weighted by Crippen LogP contribution is 2.17. The van der Waals surface area contributed by atoms with Crippen LogP contribution in [-0.4, -0.2) is 23.7 Å². The Labute approximate surface area is 101 Å². The average Bonchev–Trinajstić information content (AvgIpc) is 2.78. The lowest BCUT2D eigenvalue weighted by atomic mass is 10.1. The second-order valence-corrected chi connectivity index (χ2v) is 4.40. The maximum Gasteiger partial charge on any atom is 0.224 e. The van der Waals surface area contributed by atoms with E-state index in [4.69, 9.17) is 5.11 Å². The zero-order chi connectivity index (χ0) is 12.1. The SMILES string of the molecule is O=C(Cc1ccccc1)N[C@H]1C=C[C@H](CO)C1. The Morgan fingerprint density at radius 2 is 2.06 bits per heavy atom. The molecular formula is C14H17NO2. The molecule has 1 amide bonds. The largest absolute Gasteiger partial charge is 0.396 e. The van der Waals surface area contributed by atoms with Crippen LogP contribution in [0.5, 0.6) is 0 Å². The Balaban J connectivity index is 1.81. The predicted octanol–water partition coefficient (Wildman–Crippen LogP) is 1.28. The number of benzene rings is 1. The number of rotatable bonds is 4. The number of nitrogens with one attached hydrogen (secondary N) is 1. The number of carbonyl (C=O) groups is 1. The number of carbonyl (C=O) groups excluding carboxylic acids is 1. The molecule has 0 radical (unpaired) electrons. The van der Waals surface area contributed by atoms with E-state index >= 15 is 0 Å². The van der Waals surface area contributed by atoms with E-state index < -0.39 is 0 Å². The van der Waals surface area contributed by atoms with Crippen LogP contribution in [0.15, 0.2) is 42.5 Å². The van der Waals surface area contributed by atoms with Gasteiger partial charge in [0.2, 0.25) is 5.91 Å². The van der Waals surface area contributed by atoms with Crippen molar-refractivity contribution < 1.29 is 9.90 Å². The molecule has 2 N–H and O–H groups in total. The highest BCUT2D eigenvalue weighted by Gasteiger charge is 2.19. The Bertz CT molecular complexity index is 400. The second kappa shape index (κ2) is 5.64. The van der Waals surface area contributed by atoms with Crippen LogP contribution < -0.4 is 5.32 Å². The van der Waals surface area contributed by atoms with Gasteiger partial charge in [-0.05, 0) is 12.0 Å². The van der Waals surface area contributed by atoms with Gasteiger partial charge < -0.3 is 10.4 Å². The Kier molecular flexibility index (Phi) is 3.94. The first-order valence-corrected chi connectivity index (χ1v) is 5.90. The molecule has 3 nitrogen and oxygen atoms in total. The van der Waals surface area contributed by atoms with E-state index in [1.54, 1.807) is 0 Å². The molecule has 0 spiro atoms. The van der Waals surface area contributed by atoms with E-state index in [2.05, 4.69) is 5.32 Å². The highest BCUT2D eigenvalue weighted by atomic mass is 16.3. The summed E-state index contributed by atoms with van der Waals surface area (Å²) in [4.78, 5) is 11.8. The molecule has 90 valence electrons. The molecule has 1 aliphatic carbocycles. The van der Waals surface area contributed by atoms with Gasteiger partial charge in [-0.3, -0.25) is 4.79 Å². The molecule has 0 aromatic heterocycles. The van der Waals surface area contributed by atoms with Gasteiger partial charge in [0, 0.05) is 18.6 Å². The number of amides is 1. The summed E-state index contributed by atoms with van der Waals surface area (Å²) in [6, 6.07) is 9.76. The lowest BCUT2D eigenvalue weighted by molar-refractivity contribution is -0.120. The summed E-state index contributed by atoms with van der Waals surface area (Å²) in [5.41, 5.74) is 1.02. The Morgan fingerprint density at radius 1 is 1.29 bits per heavy atom. The van der Waals surface area contributed by atoms with E-state index in [1.807, 2.05) is 42.5 Å². The summed E-state index contributed by atoms with van der Waals surface area (Å²) < 4.78 is 0. The van der Waals surface area contributed by atoms with Gasteiger partial charge in [-0.2, -0.15) is 0 Å². The fourth-order valence-electron chi connectivity index (χ4n) is 2.06. The second-order valence-electron chi connectivity index (χ2n) is 4.40. The summed E-state index contributed by atoms with van der Waals surface area (Å²) in [6.07, 6.45) is 5.14. The molecule has 0 saturated carbocycles. The minimum Gasteiger partial charge on any atom is -0.396 e. The fourth-order valence-corrected chi connectivity index (χ4v) is 2.06. The molecule has 1 aromatic carbocycles. The molecule has 0 unspecified atom stereocenters. The number of aliphatic hydroxyl groups is 1. The van der Waals surface area contributed by atoms with Crippen molar-refractivity contribution in [3.63, 3.8) is 0 Å². The van der Waals surface area contributed by atoms with E-state index in [0.717, 1.165) is 12.0 Å². The molecule has 2 rings (SSSR count). The summed E-state index contributed by atoms with van der Waals surface area (Å²) >= 11 is 0. The van der Waals surface area contributed by atoms with Gasteiger partial charge in [0.05, 0.1) is 6.42 Å². The molecule has 2 atom stereocenters. The van der Waals surface area contributed by atoms with Gasteiger partial charge in [-0.1, -0.05) is 42.5 Å². The van der Waals surface area contributed by atoms with Crippen molar-refractivity contribution in [3.8, 4) is 0 Å². The number of hydrogen-bond donors (Lipinski definition) is 2. The number of hydrogen-bond acceptors (Lipinski definition) is 2. The zero-order valence-corrected chi connectivity index (χ0v) is 9.67. The lowest BCUT2D eigenvalue weighted by Crippen LogP contribution is -2.34. The molecule has 0 fully saturated rings. The van der Waals surface area contributed by atoms with Crippen molar-refractivity contribution >= 4 is 5.91 Å². The van der Waals surface area contributed by atoms with Gasteiger partial charge in [0.1, 0.15) is 0 Å². The summed E-state index contributed by atoms with van der Waals surface area (Å²) in [5.74, 6) is 0.224. The van der Waals surface area contributed by atoms with Crippen LogP contribution in [0.2, 0.25) is 0 Å². The van der Waals surface area contributed by atoms with Crippen molar-refractivity contribution in [3.05, 3.63) is 48.0 Å². The monoisotopic (exact) mass is 231 g/mol. The van der Waals surface area contributed by atoms with Crippen LogP contribution in [0.25, 0.3) is 0 Å². The van der Waals surface area contributed by atoms with Gasteiger partial charge >= 0.3 is 0 Å². The van der Waals surface area contributed by atoms with Gasteiger partial charge in [-0.15, -0.1) is 0 Å². The molecule has 0 saturated heterocycles. The summed E-state index contributed by atoms with van der Waals surface area (Å²) in [6.45, 7) is 0.154. The molecule has 17 heavy (non-hydrogen) atoms. The minimum atomic E-state index is 0.0319. The van der Waals surface area contributed by atoms with Crippen molar-refractivity contribution in [2.45, 2.75) is 18.9 Å². The van der Waals surface area contributed by atoms with Crippen LogP contribution >= 0.6 is 0 Å². The maximum atomic E-state index is 11.8. The Hall–Kier alpha value is -1.61. The molecule has 1 aliphatic rings. The molecule has 0 aliphatic heterocycles. The van der Waals surface area contributed by atoms with Gasteiger partial charge in [-0.25, -0.2) is 0 Å². The molecule has 0 heterocycles. The third-order valence-corrected chi connectivity index (χ3v) is 2.96. The van der Waals surface area contributed by atoms with Crippen LogP contribution in [0, 0.1) is 5.92 Å². The van der Waals surface area contributed by atoms with Crippen molar-refractivity contribution in [2.24, 2.45) is 5.92 Å². The lowest BCUT2D eigenvalue weighted by Gasteiger charge is -2.12. The van der Waals surface area contributed by atoms with E-state index in [0.29, 0.717) is 6.42 Å². The average molecular weight is 231 g/mol. The highest BCUT2D eigenvalue weighted by molar-refractivity contribution is 5.79. The minimum absolute atomic E-state index is 0.0319. The number of aliphatic hydroxyl groups excluding tert-OH is 1. The normalized spacial score (nSPS) is 22.6. The molecule has 3 heteroatoms. The smallest absolute Gasteiger partial charge is 0.224 e. The maximum absolute atomic E-state index is 11.8. The van der Waals surface area contributed by atoms with E-state index in [-0.39, 0.29) is 24.5 Å². The van der Waals surface area contributed by atoms with Crippen LogP contribution in [-0.2, 0) is 11.2 Å². The van der Waals surface area contributed by atoms with Crippen LogP contribution in [0.4, 0.5) is 0 Å². The van der Waals surface area contributed by atoms with E-state index in [9.17, 15) is 4.79 Å². The summed E-state index contributed by atoms with van der Waals surface area (Å²) in [5, 5.41) is 11.9. The Morgan fingerprint density at radius 3 is 2.71 bits per heavy atom. The first kappa shape index (κ1) is 11.9. The predicted molar refractivity (Wildman–Crippen MR) is 66.4 cm³/mol. The molecular weight excluding hydrogens is 214 g/mol. The fraction of sp³-hybridized carbons (Fsp3) is 0.357. The van der Waals surface area contributed by atoms with Crippen LogP contribution in [0.1, 0.15) is 12.0 Å². The first-order chi connectivity index (χ1) is 8.28. The van der Waals surface area contributed by atoms with Crippen LogP contribution in [0.3, 0.4) is 0 Å². The van der Waals surface area contributed by atoms with Crippen molar-refractivity contribution in [1.29, 1.82) is 0 Å². The van der Waals surface area contributed by atoms with Gasteiger partial charge in [0.15, 0.2) is 0 Å². The third-order valence-electron chi connectivity index (χ3n) is 2.96. The molecule has 0 bridgehead atoms. The third kappa shape index (κ3) is 3.43. The quantitative estimate of drug-likeness (QED) is 0.767. The van der Waals surface area contributed by atoms with Crippen molar-refractivity contribution in [1.82, 2.24) is 5.32 Å². The topological polar surface area (TPSA) is 49.3 Å². The molecule has 1 aromatic rings. The standard InChI is InChI=1S/C14H17NO2/c16-10-12-6-7-13(8-12)15-14(17)9-11-4-2-1-3-5-11/h1-7,12-13,16H,8-10H2,(H,15,17)/t12-,13-/m0/s1. The van der Waals surface area contributed by atoms with Crippen molar-refractivity contribution in [2.75, 3.05) is 6.61 Å². The van der Waals surface area contributed by atoms with E-state index in [1.165, 1.54) is 0 Å². The van der Waals surface area contributed by atoms with Gasteiger partial charge in [0.25, 0.3) is 0 Å².